The van der Waals surface area contributed by atoms with Crippen molar-refractivity contribution in [1.29, 1.82) is 0 Å². The van der Waals surface area contributed by atoms with Gasteiger partial charge in [-0.25, -0.2) is 0 Å². The van der Waals surface area contributed by atoms with Gasteiger partial charge in [0.25, 0.3) is 0 Å². The molecule has 0 aliphatic rings. The molecular formula is C14H16BrNO. The van der Waals surface area contributed by atoms with E-state index >= 15 is 0 Å². The summed E-state index contributed by atoms with van der Waals surface area (Å²) in [6.07, 6.45) is 3.49. The summed E-state index contributed by atoms with van der Waals surface area (Å²) in [6, 6.07) is 10.8. The quantitative estimate of drug-likeness (QED) is 0.901. The van der Waals surface area contributed by atoms with Gasteiger partial charge >= 0.3 is 0 Å². The number of rotatable bonds is 4. The van der Waals surface area contributed by atoms with Crippen LogP contribution < -0.4 is 5.32 Å². The molecule has 0 spiro atoms. The molecule has 0 aliphatic heterocycles. The molecule has 0 amide bonds. The Bertz CT molecular complexity index is 467. The topological polar surface area (TPSA) is 25.2 Å². The molecule has 0 saturated carbocycles. The van der Waals surface area contributed by atoms with Crippen molar-refractivity contribution >= 4 is 15.9 Å². The van der Waals surface area contributed by atoms with E-state index in [9.17, 15) is 0 Å². The largest absolute Gasteiger partial charge is 0.472 e. The zero-order valence-corrected chi connectivity index (χ0v) is 11.6. The summed E-state index contributed by atoms with van der Waals surface area (Å²) in [6.45, 7) is 4.30. The number of hydrogen-bond acceptors (Lipinski definition) is 2. The summed E-state index contributed by atoms with van der Waals surface area (Å²) < 4.78 is 6.24. The molecule has 1 aromatic heterocycles. The fourth-order valence-electron chi connectivity index (χ4n) is 1.91. The first-order valence-electron chi connectivity index (χ1n) is 5.71. The number of nitrogens with one attached hydrogen (secondary N) is 1. The Kier molecular flexibility index (Phi) is 4.02. The van der Waals surface area contributed by atoms with E-state index in [1.807, 2.05) is 12.1 Å². The number of furan rings is 1. The standard InChI is InChI=1S/C14H16BrNO/c1-10(12-7-8-17-9-12)16-11(2)13-5-3-4-6-14(13)15/h3-11,16H,1-2H3/t10?,11-/m1/s1. The van der Waals surface area contributed by atoms with Crippen molar-refractivity contribution in [2.75, 3.05) is 0 Å². The molecule has 1 heterocycles. The molecule has 2 nitrogen and oxygen atoms in total. The summed E-state index contributed by atoms with van der Waals surface area (Å²) in [5.74, 6) is 0. The molecule has 0 bridgehead atoms. The average Bonchev–Trinajstić information content (AvgIpc) is 2.82. The second-order valence-corrected chi connectivity index (χ2v) is 5.04. The summed E-state index contributed by atoms with van der Waals surface area (Å²) in [4.78, 5) is 0. The van der Waals surface area contributed by atoms with Crippen LogP contribution in [0.4, 0.5) is 0 Å². The summed E-state index contributed by atoms with van der Waals surface area (Å²) in [7, 11) is 0. The van der Waals surface area contributed by atoms with E-state index in [-0.39, 0.29) is 12.1 Å². The molecule has 3 heteroatoms. The van der Waals surface area contributed by atoms with E-state index in [0.717, 1.165) is 4.47 Å². The Morgan fingerprint density at radius 3 is 2.53 bits per heavy atom. The lowest BCUT2D eigenvalue weighted by atomic mass is 10.1. The Morgan fingerprint density at radius 1 is 1.12 bits per heavy atom. The van der Waals surface area contributed by atoms with Crippen molar-refractivity contribution in [1.82, 2.24) is 5.32 Å². The van der Waals surface area contributed by atoms with Gasteiger partial charge in [0.1, 0.15) is 0 Å². The molecule has 0 radical (unpaired) electrons. The smallest absolute Gasteiger partial charge is 0.0950 e. The highest BCUT2D eigenvalue weighted by atomic mass is 79.9. The van der Waals surface area contributed by atoms with Gasteiger partial charge in [-0.15, -0.1) is 0 Å². The maximum Gasteiger partial charge on any atom is 0.0950 e. The van der Waals surface area contributed by atoms with Gasteiger partial charge in [0.2, 0.25) is 0 Å². The molecule has 1 aromatic carbocycles. The maximum atomic E-state index is 5.10. The molecule has 1 unspecified atom stereocenters. The first-order chi connectivity index (χ1) is 8.18. The lowest BCUT2D eigenvalue weighted by Gasteiger charge is -2.20. The predicted molar refractivity (Wildman–Crippen MR) is 72.8 cm³/mol. The Hall–Kier alpha value is -1.06. The highest BCUT2D eigenvalue weighted by molar-refractivity contribution is 9.10. The zero-order chi connectivity index (χ0) is 12.3. The predicted octanol–water partition coefficient (Wildman–Crippen LogP) is 4.45. The first kappa shape index (κ1) is 12.4. The molecule has 1 N–H and O–H groups in total. The molecular weight excluding hydrogens is 278 g/mol. The van der Waals surface area contributed by atoms with Gasteiger partial charge in [-0.2, -0.15) is 0 Å². The Labute approximate surface area is 110 Å². The number of hydrogen-bond donors (Lipinski definition) is 1. The van der Waals surface area contributed by atoms with Crippen LogP contribution in [0, 0.1) is 0 Å². The summed E-state index contributed by atoms with van der Waals surface area (Å²) in [5.41, 5.74) is 2.44. The normalized spacial score (nSPS) is 14.5. The highest BCUT2D eigenvalue weighted by Crippen LogP contribution is 2.25. The molecule has 2 aromatic rings. The lowest BCUT2D eigenvalue weighted by molar-refractivity contribution is 0.485. The van der Waals surface area contributed by atoms with E-state index < -0.39 is 0 Å². The van der Waals surface area contributed by atoms with Crippen LogP contribution in [0.5, 0.6) is 0 Å². The Morgan fingerprint density at radius 2 is 1.88 bits per heavy atom. The SMILES string of the molecule is CC(N[C@H](C)c1ccccc1Br)c1ccoc1. The van der Waals surface area contributed by atoms with Gasteiger partial charge in [0, 0.05) is 22.1 Å². The van der Waals surface area contributed by atoms with Gasteiger partial charge < -0.3 is 9.73 Å². The van der Waals surface area contributed by atoms with Crippen LogP contribution in [0.3, 0.4) is 0 Å². The summed E-state index contributed by atoms with van der Waals surface area (Å²) >= 11 is 3.58. The van der Waals surface area contributed by atoms with E-state index in [1.165, 1.54) is 11.1 Å². The number of benzene rings is 1. The van der Waals surface area contributed by atoms with E-state index in [1.54, 1.807) is 12.5 Å². The van der Waals surface area contributed by atoms with E-state index in [4.69, 9.17) is 4.42 Å². The van der Waals surface area contributed by atoms with Crippen LogP contribution in [0.15, 0.2) is 51.7 Å². The third kappa shape index (κ3) is 2.99. The second kappa shape index (κ2) is 5.52. The fourth-order valence-corrected chi connectivity index (χ4v) is 2.54. The highest BCUT2D eigenvalue weighted by Gasteiger charge is 2.13. The van der Waals surface area contributed by atoms with Crippen molar-refractivity contribution in [2.45, 2.75) is 25.9 Å². The minimum Gasteiger partial charge on any atom is -0.472 e. The van der Waals surface area contributed by atoms with Gasteiger partial charge in [-0.3, -0.25) is 0 Å². The van der Waals surface area contributed by atoms with E-state index in [0.29, 0.717) is 0 Å². The molecule has 17 heavy (non-hydrogen) atoms. The molecule has 0 aliphatic carbocycles. The third-order valence-corrected chi connectivity index (χ3v) is 3.64. The van der Waals surface area contributed by atoms with Crippen LogP contribution in [-0.2, 0) is 0 Å². The van der Waals surface area contributed by atoms with E-state index in [2.05, 4.69) is 53.3 Å². The lowest BCUT2D eigenvalue weighted by Crippen LogP contribution is -2.22. The second-order valence-electron chi connectivity index (χ2n) is 4.19. The van der Waals surface area contributed by atoms with Crippen LogP contribution in [0.2, 0.25) is 0 Å². The average molecular weight is 294 g/mol. The summed E-state index contributed by atoms with van der Waals surface area (Å²) in [5, 5.41) is 3.55. The van der Waals surface area contributed by atoms with Crippen molar-refractivity contribution in [2.24, 2.45) is 0 Å². The number of halogens is 1. The fraction of sp³-hybridized carbons (Fsp3) is 0.286. The van der Waals surface area contributed by atoms with Crippen molar-refractivity contribution in [3.05, 3.63) is 58.5 Å². The zero-order valence-electron chi connectivity index (χ0n) is 9.98. The van der Waals surface area contributed by atoms with Gasteiger partial charge in [0.05, 0.1) is 12.5 Å². The molecule has 2 atom stereocenters. The van der Waals surface area contributed by atoms with Crippen LogP contribution >= 0.6 is 15.9 Å². The van der Waals surface area contributed by atoms with Gasteiger partial charge in [0.15, 0.2) is 0 Å². The van der Waals surface area contributed by atoms with Crippen molar-refractivity contribution in [3.8, 4) is 0 Å². The monoisotopic (exact) mass is 293 g/mol. The minimum atomic E-state index is 0.274. The van der Waals surface area contributed by atoms with Crippen molar-refractivity contribution < 1.29 is 4.42 Å². The molecule has 90 valence electrons. The first-order valence-corrected chi connectivity index (χ1v) is 6.50. The minimum absolute atomic E-state index is 0.274. The van der Waals surface area contributed by atoms with Crippen LogP contribution in [-0.4, -0.2) is 0 Å². The van der Waals surface area contributed by atoms with Crippen LogP contribution in [0.1, 0.15) is 37.1 Å². The van der Waals surface area contributed by atoms with Gasteiger partial charge in [-0.05, 0) is 31.5 Å². The maximum absolute atomic E-state index is 5.10. The molecule has 2 rings (SSSR count). The third-order valence-electron chi connectivity index (χ3n) is 2.91. The van der Waals surface area contributed by atoms with Gasteiger partial charge in [-0.1, -0.05) is 34.1 Å². The van der Waals surface area contributed by atoms with Crippen molar-refractivity contribution in [3.63, 3.8) is 0 Å². The molecule has 0 saturated heterocycles. The molecule has 0 fully saturated rings. The van der Waals surface area contributed by atoms with Crippen LogP contribution in [0.25, 0.3) is 0 Å². The Balaban J connectivity index is 2.07.